The molecule has 76 valence electrons. The zero-order chi connectivity index (χ0) is 9.94. The van der Waals surface area contributed by atoms with Crippen molar-refractivity contribution >= 4 is 28.6 Å². The molecule has 1 N–H and O–H groups in total. The van der Waals surface area contributed by atoms with Gasteiger partial charge in [-0.3, -0.25) is 4.79 Å². The van der Waals surface area contributed by atoms with Gasteiger partial charge in [0.1, 0.15) is 0 Å². The Kier molecular flexibility index (Phi) is 9.98. The quantitative estimate of drug-likeness (QED) is 0.322. The number of carboxylic acid groups (broad SMARTS) is 1. The highest BCUT2D eigenvalue weighted by Gasteiger charge is 1.94. The van der Waals surface area contributed by atoms with Crippen molar-refractivity contribution in [3.8, 4) is 0 Å². The monoisotopic (exact) mass is 296 g/mol. The normalized spacial score (nSPS) is 10.8. The van der Waals surface area contributed by atoms with Crippen LogP contribution in [-0.4, -0.2) is 15.5 Å². The predicted molar refractivity (Wildman–Crippen MR) is 63.4 cm³/mol. The van der Waals surface area contributed by atoms with E-state index in [0.29, 0.717) is 6.42 Å². The Morgan fingerprint density at radius 3 is 2.46 bits per heavy atom. The van der Waals surface area contributed by atoms with Crippen LogP contribution in [0, 0.1) is 0 Å². The third-order valence-electron chi connectivity index (χ3n) is 1.70. The summed E-state index contributed by atoms with van der Waals surface area (Å²) < 4.78 is 1.17. The van der Waals surface area contributed by atoms with E-state index >= 15 is 0 Å². The van der Waals surface area contributed by atoms with Crippen LogP contribution < -0.4 is 0 Å². The third kappa shape index (κ3) is 11.9. The first-order valence-electron chi connectivity index (χ1n) is 4.70. The van der Waals surface area contributed by atoms with Crippen LogP contribution in [0.25, 0.3) is 0 Å². The molecule has 0 aliphatic heterocycles. The summed E-state index contributed by atoms with van der Waals surface area (Å²) in [7, 11) is 0. The van der Waals surface area contributed by atoms with Crippen LogP contribution in [0.2, 0.25) is 0 Å². The average Bonchev–Trinajstić information content (AvgIpc) is 2.09. The van der Waals surface area contributed by atoms with Gasteiger partial charge in [0, 0.05) is 10.8 Å². The van der Waals surface area contributed by atoms with Crippen LogP contribution in [0.15, 0.2) is 12.2 Å². The van der Waals surface area contributed by atoms with Gasteiger partial charge in [-0.1, -0.05) is 41.2 Å². The van der Waals surface area contributed by atoms with Crippen LogP contribution in [0.1, 0.15) is 38.5 Å². The highest BCUT2D eigenvalue weighted by molar-refractivity contribution is 14.1. The first-order chi connectivity index (χ1) is 6.27. The number of hydrogen-bond donors (Lipinski definition) is 1. The van der Waals surface area contributed by atoms with E-state index in [1.165, 1.54) is 4.43 Å². The molecule has 0 aliphatic rings. The minimum Gasteiger partial charge on any atom is -0.481 e. The molecule has 0 aromatic rings. The van der Waals surface area contributed by atoms with Crippen LogP contribution >= 0.6 is 22.6 Å². The standard InChI is InChI=1S/C10H17IO2/c11-9-7-5-3-1-2-4-6-8-10(12)13/h3,5H,1-2,4,6-9H2,(H,12,13)/b5-3-. The zero-order valence-corrected chi connectivity index (χ0v) is 10.00. The SMILES string of the molecule is O=C(O)CCCCC/C=C\CCI. The van der Waals surface area contributed by atoms with Crippen LogP contribution in [-0.2, 0) is 4.79 Å². The second kappa shape index (κ2) is 10.0. The number of carbonyl (C=O) groups is 1. The third-order valence-corrected chi connectivity index (χ3v) is 2.33. The molecule has 0 spiro atoms. The Labute approximate surface area is 93.6 Å². The smallest absolute Gasteiger partial charge is 0.303 e. The van der Waals surface area contributed by atoms with E-state index in [9.17, 15) is 4.79 Å². The minimum absolute atomic E-state index is 0.317. The van der Waals surface area contributed by atoms with Gasteiger partial charge in [0.2, 0.25) is 0 Å². The van der Waals surface area contributed by atoms with Gasteiger partial charge < -0.3 is 5.11 Å². The van der Waals surface area contributed by atoms with Crippen molar-refractivity contribution < 1.29 is 9.90 Å². The molecule has 0 unspecified atom stereocenters. The number of carboxylic acids is 1. The highest BCUT2D eigenvalue weighted by Crippen LogP contribution is 2.04. The molecular formula is C10H17IO2. The number of halogens is 1. The molecule has 2 nitrogen and oxygen atoms in total. The molecule has 13 heavy (non-hydrogen) atoms. The van der Waals surface area contributed by atoms with E-state index < -0.39 is 5.97 Å². The Balaban J connectivity index is 3.03. The largest absolute Gasteiger partial charge is 0.481 e. The molecule has 0 bridgehead atoms. The fourth-order valence-corrected chi connectivity index (χ4v) is 1.37. The van der Waals surface area contributed by atoms with Crippen LogP contribution in [0.5, 0.6) is 0 Å². The summed E-state index contributed by atoms with van der Waals surface area (Å²) in [6, 6.07) is 0. The lowest BCUT2D eigenvalue weighted by atomic mass is 10.1. The number of allylic oxidation sites excluding steroid dienone is 2. The van der Waals surface area contributed by atoms with E-state index in [0.717, 1.165) is 32.1 Å². The Morgan fingerprint density at radius 1 is 1.15 bits per heavy atom. The van der Waals surface area contributed by atoms with Crippen LogP contribution in [0.3, 0.4) is 0 Å². The maximum Gasteiger partial charge on any atom is 0.303 e. The topological polar surface area (TPSA) is 37.3 Å². The molecule has 0 amide bonds. The molecule has 0 radical (unpaired) electrons. The molecule has 0 aromatic carbocycles. The van der Waals surface area contributed by atoms with Gasteiger partial charge in [-0.15, -0.1) is 0 Å². The second-order valence-electron chi connectivity index (χ2n) is 2.94. The number of hydrogen-bond acceptors (Lipinski definition) is 1. The number of aliphatic carboxylic acids is 1. The lowest BCUT2D eigenvalue weighted by Gasteiger charge is -1.94. The molecule has 0 fully saturated rings. The van der Waals surface area contributed by atoms with E-state index in [4.69, 9.17) is 5.11 Å². The van der Waals surface area contributed by atoms with Crippen molar-refractivity contribution in [2.45, 2.75) is 38.5 Å². The molecule has 0 saturated heterocycles. The summed E-state index contributed by atoms with van der Waals surface area (Å²) in [5.74, 6) is -0.680. The van der Waals surface area contributed by atoms with E-state index in [-0.39, 0.29) is 0 Å². The number of unbranched alkanes of at least 4 members (excludes halogenated alkanes) is 3. The molecule has 0 aliphatic carbocycles. The average molecular weight is 296 g/mol. The first kappa shape index (κ1) is 12.9. The zero-order valence-electron chi connectivity index (χ0n) is 7.84. The first-order valence-corrected chi connectivity index (χ1v) is 6.22. The van der Waals surface area contributed by atoms with Gasteiger partial charge in [-0.05, 0) is 25.7 Å². The predicted octanol–water partition coefficient (Wildman–Crippen LogP) is 3.40. The van der Waals surface area contributed by atoms with Crippen molar-refractivity contribution in [3.05, 3.63) is 12.2 Å². The van der Waals surface area contributed by atoms with Gasteiger partial charge in [0.25, 0.3) is 0 Å². The lowest BCUT2D eigenvalue weighted by molar-refractivity contribution is -0.137. The fraction of sp³-hybridized carbons (Fsp3) is 0.700. The molecule has 0 atom stereocenters. The van der Waals surface area contributed by atoms with Crippen molar-refractivity contribution in [3.63, 3.8) is 0 Å². The number of rotatable bonds is 8. The fourth-order valence-electron chi connectivity index (χ4n) is 1.01. The summed E-state index contributed by atoms with van der Waals surface area (Å²) in [6.45, 7) is 0. The van der Waals surface area contributed by atoms with E-state index in [1.807, 2.05) is 0 Å². The molecular weight excluding hydrogens is 279 g/mol. The molecule has 0 saturated carbocycles. The lowest BCUT2D eigenvalue weighted by Crippen LogP contribution is -1.93. The molecule has 0 rings (SSSR count). The Bertz CT molecular complexity index is 155. The maximum absolute atomic E-state index is 10.2. The van der Waals surface area contributed by atoms with Crippen molar-refractivity contribution in [2.75, 3.05) is 4.43 Å². The van der Waals surface area contributed by atoms with Crippen molar-refractivity contribution in [2.24, 2.45) is 0 Å². The van der Waals surface area contributed by atoms with E-state index in [2.05, 4.69) is 34.7 Å². The molecule has 0 heterocycles. The van der Waals surface area contributed by atoms with Crippen molar-refractivity contribution in [1.82, 2.24) is 0 Å². The van der Waals surface area contributed by atoms with Gasteiger partial charge in [-0.2, -0.15) is 0 Å². The van der Waals surface area contributed by atoms with Crippen molar-refractivity contribution in [1.29, 1.82) is 0 Å². The summed E-state index contributed by atoms with van der Waals surface area (Å²) in [5.41, 5.74) is 0. The Morgan fingerprint density at radius 2 is 1.85 bits per heavy atom. The summed E-state index contributed by atoms with van der Waals surface area (Å²) in [4.78, 5) is 10.2. The molecule has 0 aromatic heterocycles. The number of alkyl halides is 1. The van der Waals surface area contributed by atoms with Gasteiger partial charge in [-0.25, -0.2) is 0 Å². The summed E-state index contributed by atoms with van der Waals surface area (Å²) in [6.07, 6.45) is 9.91. The van der Waals surface area contributed by atoms with Gasteiger partial charge >= 0.3 is 5.97 Å². The van der Waals surface area contributed by atoms with Gasteiger partial charge in [0.15, 0.2) is 0 Å². The second-order valence-corrected chi connectivity index (χ2v) is 4.02. The highest BCUT2D eigenvalue weighted by atomic mass is 127. The summed E-state index contributed by atoms with van der Waals surface area (Å²) in [5, 5.41) is 8.37. The summed E-state index contributed by atoms with van der Waals surface area (Å²) >= 11 is 2.35. The van der Waals surface area contributed by atoms with E-state index in [1.54, 1.807) is 0 Å². The maximum atomic E-state index is 10.2. The van der Waals surface area contributed by atoms with Crippen LogP contribution in [0.4, 0.5) is 0 Å². The Hall–Kier alpha value is -0.0600. The van der Waals surface area contributed by atoms with Gasteiger partial charge in [0.05, 0.1) is 0 Å². The minimum atomic E-state index is -0.680. The molecule has 3 heteroatoms.